The first-order chi connectivity index (χ1) is 14.7. The van der Waals surface area contributed by atoms with Crippen molar-refractivity contribution in [2.75, 3.05) is 43.4 Å². The molecule has 7 nitrogen and oxygen atoms in total. The predicted octanol–water partition coefficient (Wildman–Crippen LogP) is 3.56. The number of nitrogens with zero attached hydrogens (tertiary/aromatic N) is 3. The first-order valence-corrected chi connectivity index (χ1v) is 10.1. The molecule has 4 aromatic rings. The van der Waals surface area contributed by atoms with Crippen molar-refractivity contribution < 1.29 is 4.79 Å². The Labute approximate surface area is 174 Å². The van der Waals surface area contributed by atoms with E-state index in [1.54, 1.807) is 0 Å². The summed E-state index contributed by atoms with van der Waals surface area (Å²) >= 11 is 0. The van der Waals surface area contributed by atoms with Crippen LogP contribution < -0.4 is 10.2 Å². The number of nitrogens with one attached hydrogen (secondary N) is 3. The summed E-state index contributed by atoms with van der Waals surface area (Å²) in [6.07, 6.45) is 0. The molecule has 0 atom stereocenters. The van der Waals surface area contributed by atoms with E-state index in [9.17, 15) is 4.79 Å². The lowest BCUT2D eigenvalue weighted by Gasteiger charge is -2.34. The van der Waals surface area contributed by atoms with Crippen LogP contribution in [0.25, 0.3) is 22.3 Å². The minimum atomic E-state index is -0.160. The Bertz CT molecular complexity index is 1130. The highest BCUT2D eigenvalue weighted by Crippen LogP contribution is 2.24. The summed E-state index contributed by atoms with van der Waals surface area (Å²) in [5.74, 6) is 0.406. The van der Waals surface area contributed by atoms with Crippen LogP contribution in [0, 0.1) is 0 Å². The zero-order chi connectivity index (χ0) is 20.5. The van der Waals surface area contributed by atoms with E-state index in [4.69, 9.17) is 0 Å². The van der Waals surface area contributed by atoms with Gasteiger partial charge in [0.1, 0.15) is 11.5 Å². The second kappa shape index (κ2) is 7.68. The first kappa shape index (κ1) is 18.4. The first-order valence-electron chi connectivity index (χ1n) is 10.1. The number of hydrogen-bond acceptors (Lipinski definition) is 4. The normalized spacial score (nSPS) is 14.9. The highest BCUT2D eigenvalue weighted by atomic mass is 16.1. The van der Waals surface area contributed by atoms with Crippen LogP contribution in [-0.4, -0.2) is 59.2 Å². The molecule has 7 heteroatoms. The number of anilines is 2. The number of H-pyrrole nitrogens is 2. The van der Waals surface area contributed by atoms with Crippen molar-refractivity contribution in [1.82, 2.24) is 20.1 Å². The number of likely N-dealkylation sites (N-methyl/N-ethyl adjacent to an activating group) is 1. The average Bonchev–Trinajstić information content (AvgIpc) is 3.41. The molecule has 0 radical (unpaired) electrons. The summed E-state index contributed by atoms with van der Waals surface area (Å²) in [4.78, 5) is 20.7. The van der Waals surface area contributed by atoms with Gasteiger partial charge in [-0.15, -0.1) is 0 Å². The van der Waals surface area contributed by atoms with Gasteiger partial charge in [-0.2, -0.15) is 5.10 Å². The summed E-state index contributed by atoms with van der Waals surface area (Å²) in [6.45, 7) is 4.13. The van der Waals surface area contributed by atoms with Gasteiger partial charge >= 0.3 is 0 Å². The molecule has 5 rings (SSSR count). The van der Waals surface area contributed by atoms with E-state index in [0.29, 0.717) is 11.4 Å². The molecule has 1 fully saturated rings. The molecule has 0 saturated carbocycles. The van der Waals surface area contributed by atoms with Crippen molar-refractivity contribution in [1.29, 1.82) is 0 Å². The van der Waals surface area contributed by atoms with Crippen LogP contribution in [0.1, 0.15) is 10.4 Å². The molecule has 152 valence electrons. The molecule has 0 bridgehead atoms. The van der Waals surface area contributed by atoms with Gasteiger partial charge in [0.2, 0.25) is 0 Å². The van der Waals surface area contributed by atoms with Crippen LogP contribution in [-0.2, 0) is 0 Å². The lowest BCUT2D eigenvalue weighted by atomic mass is 10.1. The second-order valence-corrected chi connectivity index (χ2v) is 7.73. The van der Waals surface area contributed by atoms with Gasteiger partial charge in [0, 0.05) is 54.4 Å². The third kappa shape index (κ3) is 3.67. The van der Waals surface area contributed by atoms with Crippen LogP contribution in [0.4, 0.5) is 11.5 Å². The number of para-hydroxylation sites is 1. The fourth-order valence-electron chi connectivity index (χ4n) is 3.82. The molecule has 2 aromatic carbocycles. The van der Waals surface area contributed by atoms with E-state index >= 15 is 0 Å². The van der Waals surface area contributed by atoms with Gasteiger partial charge in [0.05, 0.1) is 5.69 Å². The lowest BCUT2D eigenvalue weighted by Crippen LogP contribution is -2.44. The number of amides is 1. The molecule has 3 N–H and O–H groups in total. The molecule has 1 aliphatic heterocycles. The van der Waals surface area contributed by atoms with Gasteiger partial charge in [-0.3, -0.25) is 9.89 Å². The van der Waals surface area contributed by atoms with Crippen molar-refractivity contribution in [3.8, 4) is 11.4 Å². The highest BCUT2D eigenvalue weighted by molar-refractivity contribution is 6.04. The van der Waals surface area contributed by atoms with Gasteiger partial charge in [0.15, 0.2) is 0 Å². The Balaban J connectivity index is 1.26. The lowest BCUT2D eigenvalue weighted by molar-refractivity contribution is 0.102. The Morgan fingerprint density at radius 1 is 1.00 bits per heavy atom. The predicted molar refractivity (Wildman–Crippen MR) is 120 cm³/mol. The monoisotopic (exact) mass is 400 g/mol. The largest absolute Gasteiger partial charge is 0.369 e. The highest BCUT2D eigenvalue weighted by Gasteiger charge is 2.15. The van der Waals surface area contributed by atoms with Crippen molar-refractivity contribution in [2.45, 2.75) is 0 Å². The number of benzene rings is 2. The van der Waals surface area contributed by atoms with Crippen molar-refractivity contribution in [3.05, 3.63) is 66.2 Å². The number of carbonyl (C=O) groups excluding carboxylic acids is 1. The molecule has 2 aromatic heterocycles. The maximum atomic E-state index is 12.6. The van der Waals surface area contributed by atoms with Crippen LogP contribution in [0.2, 0.25) is 0 Å². The van der Waals surface area contributed by atoms with Crippen LogP contribution in [0.5, 0.6) is 0 Å². The number of fused-ring (bicyclic) bond motifs is 1. The standard InChI is InChI=1S/C23H24N6O/c1-28-10-12-29(13-11-28)18-8-6-16(7-9-18)23(30)25-22-15-21(26-27-22)20-14-17-4-2-3-5-19(17)24-20/h2-9,14-15,24H,10-13H2,1H3,(H2,25,26,27,30). The van der Waals surface area contributed by atoms with E-state index in [2.05, 4.69) is 43.4 Å². The Morgan fingerprint density at radius 3 is 2.53 bits per heavy atom. The molecule has 30 heavy (non-hydrogen) atoms. The zero-order valence-electron chi connectivity index (χ0n) is 16.9. The molecular formula is C23H24N6O. The van der Waals surface area contributed by atoms with Crippen molar-refractivity contribution in [3.63, 3.8) is 0 Å². The minimum absolute atomic E-state index is 0.160. The molecule has 1 amide bonds. The maximum Gasteiger partial charge on any atom is 0.256 e. The van der Waals surface area contributed by atoms with E-state index < -0.39 is 0 Å². The van der Waals surface area contributed by atoms with Gasteiger partial charge < -0.3 is 20.1 Å². The Kier molecular flexibility index (Phi) is 4.72. The quantitative estimate of drug-likeness (QED) is 0.489. The average molecular weight is 400 g/mol. The summed E-state index contributed by atoms with van der Waals surface area (Å²) in [7, 11) is 2.14. The molecule has 0 aliphatic carbocycles. The molecule has 0 spiro atoms. The number of piperazine rings is 1. The summed E-state index contributed by atoms with van der Waals surface area (Å²) in [6, 6.07) is 19.7. The fourth-order valence-corrected chi connectivity index (χ4v) is 3.82. The third-order valence-electron chi connectivity index (χ3n) is 5.63. The fraction of sp³-hybridized carbons (Fsp3) is 0.217. The number of aromatic nitrogens is 3. The number of rotatable bonds is 4. The maximum absolute atomic E-state index is 12.6. The SMILES string of the molecule is CN1CCN(c2ccc(C(=O)Nc3cc(-c4cc5ccccc5[nH]4)n[nH]3)cc2)CC1. The summed E-state index contributed by atoms with van der Waals surface area (Å²) < 4.78 is 0. The second-order valence-electron chi connectivity index (χ2n) is 7.73. The smallest absolute Gasteiger partial charge is 0.256 e. The van der Waals surface area contributed by atoms with Crippen molar-refractivity contribution in [2.24, 2.45) is 0 Å². The van der Waals surface area contributed by atoms with Crippen LogP contribution in [0.3, 0.4) is 0 Å². The zero-order valence-corrected chi connectivity index (χ0v) is 16.9. The molecule has 3 heterocycles. The van der Waals surface area contributed by atoms with E-state index in [-0.39, 0.29) is 5.91 Å². The topological polar surface area (TPSA) is 80.0 Å². The summed E-state index contributed by atoms with van der Waals surface area (Å²) in [5.41, 5.74) is 4.50. The molecule has 1 saturated heterocycles. The molecule has 1 aliphatic rings. The number of hydrogen-bond donors (Lipinski definition) is 3. The van der Waals surface area contributed by atoms with E-state index in [1.165, 1.54) is 0 Å². The van der Waals surface area contributed by atoms with Gasteiger partial charge in [-0.1, -0.05) is 18.2 Å². The van der Waals surface area contributed by atoms with Crippen LogP contribution in [0.15, 0.2) is 60.7 Å². The van der Waals surface area contributed by atoms with Gasteiger partial charge in [-0.05, 0) is 43.4 Å². The number of carbonyl (C=O) groups is 1. The molecular weight excluding hydrogens is 376 g/mol. The van der Waals surface area contributed by atoms with Gasteiger partial charge in [0.25, 0.3) is 5.91 Å². The van der Waals surface area contributed by atoms with E-state index in [1.807, 2.05) is 54.6 Å². The molecule has 0 unspecified atom stereocenters. The van der Waals surface area contributed by atoms with Gasteiger partial charge in [-0.25, -0.2) is 0 Å². The minimum Gasteiger partial charge on any atom is -0.369 e. The third-order valence-corrected chi connectivity index (χ3v) is 5.63. The Morgan fingerprint density at radius 2 is 1.77 bits per heavy atom. The van der Waals surface area contributed by atoms with Crippen LogP contribution >= 0.6 is 0 Å². The van der Waals surface area contributed by atoms with E-state index in [0.717, 1.165) is 54.2 Å². The van der Waals surface area contributed by atoms with Crippen molar-refractivity contribution >= 4 is 28.3 Å². The summed E-state index contributed by atoms with van der Waals surface area (Å²) in [5, 5.41) is 11.3. The Hall–Kier alpha value is -3.58. The number of aromatic amines is 2.